The Labute approximate surface area is 70.3 Å². The van der Waals surface area contributed by atoms with Crippen molar-refractivity contribution in [2.75, 3.05) is 5.88 Å². The molecule has 0 spiro atoms. The minimum absolute atomic E-state index is 0.277. The maximum Gasteiger partial charge on any atom is 0.506 e. The summed E-state index contributed by atoms with van der Waals surface area (Å²) in [5.74, 6) is 0.277. The molecule has 0 aromatic heterocycles. The van der Waals surface area contributed by atoms with Gasteiger partial charge in [-0.2, -0.15) is 0 Å². The Bertz CT molecular complexity index is 152. The van der Waals surface area contributed by atoms with E-state index < -0.39 is 11.8 Å². The van der Waals surface area contributed by atoms with Gasteiger partial charge >= 0.3 is 6.16 Å². The summed E-state index contributed by atoms with van der Waals surface area (Å²) in [5.41, 5.74) is -0.576. The van der Waals surface area contributed by atoms with Crippen LogP contribution in [0.3, 0.4) is 0 Å². The van der Waals surface area contributed by atoms with Gasteiger partial charge in [-0.05, 0) is 25.7 Å². The topological polar surface area (TPSA) is 46.5 Å². The molecule has 0 bridgehead atoms. The molecular weight excluding hydrogens is 168 g/mol. The largest absolute Gasteiger partial charge is 0.506 e. The second kappa shape index (κ2) is 3.30. The van der Waals surface area contributed by atoms with Crippen molar-refractivity contribution in [2.45, 2.75) is 31.3 Å². The summed E-state index contributed by atoms with van der Waals surface area (Å²) in [6, 6.07) is 0. The average molecular weight is 179 g/mol. The molecule has 1 aliphatic rings. The van der Waals surface area contributed by atoms with Crippen LogP contribution in [0.2, 0.25) is 0 Å². The summed E-state index contributed by atoms with van der Waals surface area (Å²) in [6.45, 7) is 0. The van der Waals surface area contributed by atoms with Crippen molar-refractivity contribution in [3.8, 4) is 0 Å². The van der Waals surface area contributed by atoms with Crippen molar-refractivity contribution >= 4 is 17.8 Å². The number of alkyl halides is 1. The van der Waals surface area contributed by atoms with E-state index in [1.165, 1.54) is 0 Å². The Morgan fingerprint density at radius 3 is 2.45 bits per heavy atom. The minimum Gasteiger partial charge on any atom is -0.450 e. The van der Waals surface area contributed by atoms with E-state index in [2.05, 4.69) is 0 Å². The lowest BCUT2D eigenvalue weighted by atomic mass is 10.1. The number of hydrogen-bond acceptors (Lipinski definition) is 2. The van der Waals surface area contributed by atoms with Crippen LogP contribution in [0, 0.1) is 0 Å². The molecule has 1 saturated carbocycles. The third kappa shape index (κ3) is 1.99. The van der Waals surface area contributed by atoms with Crippen LogP contribution < -0.4 is 0 Å². The molecule has 0 unspecified atom stereocenters. The van der Waals surface area contributed by atoms with Crippen LogP contribution in [-0.2, 0) is 4.74 Å². The quantitative estimate of drug-likeness (QED) is 0.521. The summed E-state index contributed by atoms with van der Waals surface area (Å²) in [4.78, 5) is 10.2. The predicted molar refractivity (Wildman–Crippen MR) is 41.0 cm³/mol. The van der Waals surface area contributed by atoms with Crippen molar-refractivity contribution in [2.24, 2.45) is 0 Å². The van der Waals surface area contributed by atoms with Crippen LogP contribution in [0.1, 0.15) is 25.7 Å². The molecule has 64 valence electrons. The van der Waals surface area contributed by atoms with Gasteiger partial charge in [-0.3, -0.25) is 0 Å². The monoisotopic (exact) mass is 178 g/mol. The molecule has 0 saturated heterocycles. The van der Waals surface area contributed by atoms with E-state index in [0.29, 0.717) is 0 Å². The van der Waals surface area contributed by atoms with Gasteiger partial charge in [0.1, 0.15) is 5.60 Å². The fourth-order valence-electron chi connectivity index (χ4n) is 1.47. The molecule has 4 heteroatoms. The highest BCUT2D eigenvalue weighted by molar-refractivity contribution is 6.18. The van der Waals surface area contributed by atoms with E-state index in [1.54, 1.807) is 0 Å². The Balaban J connectivity index is 2.52. The maximum absolute atomic E-state index is 10.2. The second-order valence-electron chi connectivity index (χ2n) is 2.89. The number of hydrogen-bond donors (Lipinski definition) is 1. The van der Waals surface area contributed by atoms with Gasteiger partial charge in [0, 0.05) is 0 Å². The van der Waals surface area contributed by atoms with Gasteiger partial charge < -0.3 is 9.84 Å². The molecule has 0 radical (unpaired) electrons. The van der Waals surface area contributed by atoms with Gasteiger partial charge in [0.2, 0.25) is 0 Å². The minimum atomic E-state index is -1.22. The number of carboxylic acid groups (broad SMARTS) is 1. The summed E-state index contributed by atoms with van der Waals surface area (Å²) in [7, 11) is 0. The zero-order valence-electron chi connectivity index (χ0n) is 6.18. The number of ether oxygens (including phenoxy) is 1. The molecule has 0 aromatic carbocycles. The zero-order chi connectivity index (χ0) is 8.32. The van der Waals surface area contributed by atoms with Crippen LogP contribution in [0.25, 0.3) is 0 Å². The molecular formula is C7H11ClO3. The van der Waals surface area contributed by atoms with Gasteiger partial charge in [0.05, 0.1) is 5.88 Å². The molecule has 1 N–H and O–H groups in total. The maximum atomic E-state index is 10.2. The molecule has 1 fully saturated rings. The van der Waals surface area contributed by atoms with Gasteiger partial charge in [-0.25, -0.2) is 4.79 Å². The first kappa shape index (κ1) is 8.65. The fraction of sp³-hybridized carbons (Fsp3) is 0.857. The Kier molecular flexibility index (Phi) is 2.60. The van der Waals surface area contributed by atoms with Crippen LogP contribution in [0.5, 0.6) is 0 Å². The number of carbonyl (C=O) groups is 1. The first-order valence-electron chi connectivity index (χ1n) is 3.66. The van der Waals surface area contributed by atoms with E-state index in [-0.39, 0.29) is 5.88 Å². The molecule has 0 atom stereocenters. The second-order valence-corrected chi connectivity index (χ2v) is 3.16. The highest BCUT2D eigenvalue weighted by atomic mass is 35.5. The van der Waals surface area contributed by atoms with Crippen LogP contribution in [-0.4, -0.2) is 22.7 Å². The lowest BCUT2D eigenvalue weighted by Crippen LogP contribution is -2.33. The third-order valence-electron chi connectivity index (χ3n) is 2.06. The summed E-state index contributed by atoms with van der Waals surface area (Å²) in [6.07, 6.45) is 2.35. The predicted octanol–water partition coefficient (Wildman–Crippen LogP) is 2.23. The van der Waals surface area contributed by atoms with E-state index in [9.17, 15) is 4.79 Å². The molecule has 3 nitrogen and oxygen atoms in total. The van der Waals surface area contributed by atoms with Gasteiger partial charge in [-0.15, -0.1) is 11.6 Å². The van der Waals surface area contributed by atoms with E-state index in [4.69, 9.17) is 21.4 Å². The van der Waals surface area contributed by atoms with Gasteiger partial charge in [0.15, 0.2) is 0 Å². The summed E-state index contributed by atoms with van der Waals surface area (Å²) in [5, 5.41) is 8.39. The van der Waals surface area contributed by atoms with Crippen LogP contribution in [0.4, 0.5) is 4.79 Å². The Morgan fingerprint density at radius 1 is 1.55 bits per heavy atom. The van der Waals surface area contributed by atoms with Gasteiger partial charge in [0.25, 0.3) is 0 Å². The molecule has 0 aliphatic heterocycles. The van der Waals surface area contributed by atoms with Crippen LogP contribution in [0.15, 0.2) is 0 Å². The number of rotatable bonds is 2. The van der Waals surface area contributed by atoms with Crippen molar-refractivity contribution in [1.82, 2.24) is 0 Å². The van der Waals surface area contributed by atoms with E-state index in [0.717, 1.165) is 25.7 Å². The standard InChI is InChI=1S/C7H11ClO3/c8-5-7(11-6(9)10)3-1-2-4-7/h1-5H2,(H,9,10). The van der Waals surface area contributed by atoms with Crippen molar-refractivity contribution < 1.29 is 14.6 Å². The van der Waals surface area contributed by atoms with Crippen molar-refractivity contribution in [3.63, 3.8) is 0 Å². The van der Waals surface area contributed by atoms with Gasteiger partial charge in [-0.1, -0.05) is 0 Å². The molecule has 11 heavy (non-hydrogen) atoms. The summed E-state index contributed by atoms with van der Waals surface area (Å²) >= 11 is 5.62. The third-order valence-corrected chi connectivity index (χ3v) is 2.55. The average Bonchev–Trinajstić information content (AvgIpc) is 2.36. The highest BCUT2D eigenvalue weighted by Crippen LogP contribution is 2.34. The first-order valence-corrected chi connectivity index (χ1v) is 4.20. The first-order chi connectivity index (χ1) is 5.18. The lowest BCUT2D eigenvalue weighted by molar-refractivity contribution is -0.000879. The molecule has 0 amide bonds. The van der Waals surface area contributed by atoms with Crippen molar-refractivity contribution in [1.29, 1.82) is 0 Å². The molecule has 1 rings (SSSR count). The molecule has 0 aromatic rings. The lowest BCUT2D eigenvalue weighted by Gasteiger charge is -2.24. The Hall–Kier alpha value is -0.440. The number of halogens is 1. The zero-order valence-corrected chi connectivity index (χ0v) is 6.93. The molecule has 0 heterocycles. The Morgan fingerprint density at radius 2 is 2.09 bits per heavy atom. The normalized spacial score (nSPS) is 21.5. The van der Waals surface area contributed by atoms with Crippen molar-refractivity contribution in [3.05, 3.63) is 0 Å². The van der Waals surface area contributed by atoms with E-state index >= 15 is 0 Å². The van der Waals surface area contributed by atoms with E-state index in [1.807, 2.05) is 0 Å². The fourth-order valence-corrected chi connectivity index (χ4v) is 1.79. The summed E-state index contributed by atoms with van der Waals surface area (Å²) < 4.78 is 4.73. The molecule has 1 aliphatic carbocycles. The smallest absolute Gasteiger partial charge is 0.450 e. The van der Waals surface area contributed by atoms with Crippen LogP contribution >= 0.6 is 11.6 Å². The highest BCUT2D eigenvalue weighted by Gasteiger charge is 2.36. The SMILES string of the molecule is O=C(O)OC1(CCl)CCCC1.